The molecular formula is C30H50N3OSiTi. The van der Waals surface area contributed by atoms with E-state index in [2.05, 4.69) is 74.9 Å². The summed E-state index contributed by atoms with van der Waals surface area (Å²) in [6.45, 7) is 18.2. The molecule has 199 valence electrons. The first-order chi connectivity index (χ1) is 15.9. The normalized spacial score (nSPS) is 25.5. The van der Waals surface area contributed by atoms with Gasteiger partial charge in [-0.2, -0.15) is 18.6 Å². The number of rotatable bonds is 5. The van der Waals surface area contributed by atoms with Crippen LogP contribution in [0.4, 0.5) is 5.69 Å². The van der Waals surface area contributed by atoms with Crippen LogP contribution in [0.1, 0.15) is 45.6 Å². The van der Waals surface area contributed by atoms with Crippen LogP contribution >= 0.6 is 0 Å². The van der Waals surface area contributed by atoms with Gasteiger partial charge in [-0.25, -0.2) is 0 Å². The van der Waals surface area contributed by atoms with Crippen molar-refractivity contribution in [1.82, 2.24) is 4.90 Å². The quantitative estimate of drug-likeness (QED) is 0.287. The van der Waals surface area contributed by atoms with Gasteiger partial charge in [0.05, 0.1) is 7.11 Å². The van der Waals surface area contributed by atoms with Crippen molar-refractivity contribution >= 4 is 13.9 Å². The van der Waals surface area contributed by atoms with Gasteiger partial charge in [-0.1, -0.05) is 71.5 Å². The van der Waals surface area contributed by atoms with Crippen molar-refractivity contribution in [3.05, 3.63) is 73.1 Å². The Morgan fingerprint density at radius 2 is 1.69 bits per heavy atom. The van der Waals surface area contributed by atoms with Crippen molar-refractivity contribution in [2.75, 3.05) is 39.2 Å². The van der Waals surface area contributed by atoms with E-state index in [1.54, 1.807) is 7.11 Å². The molecule has 4 rings (SSSR count). The van der Waals surface area contributed by atoms with Crippen LogP contribution in [0.5, 0.6) is 0 Å². The van der Waals surface area contributed by atoms with E-state index in [0.29, 0.717) is 17.9 Å². The molecule has 1 saturated heterocycles. The molecular weight excluding hydrogens is 494 g/mol. The van der Waals surface area contributed by atoms with Crippen LogP contribution in [0.2, 0.25) is 18.6 Å². The van der Waals surface area contributed by atoms with Gasteiger partial charge < -0.3 is 22.0 Å². The van der Waals surface area contributed by atoms with Crippen molar-refractivity contribution in [2.24, 2.45) is 11.8 Å². The summed E-state index contributed by atoms with van der Waals surface area (Å²) in [5.74, 6) is 2.30. The first kappa shape index (κ1) is 33.0. The molecule has 1 saturated carbocycles. The monoisotopic (exact) mass is 544 g/mol. The molecule has 4 atom stereocenters. The molecule has 1 aromatic carbocycles. The fourth-order valence-corrected chi connectivity index (χ4v) is 10.3. The predicted molar refractivity (Wildman–Crippen MR) is 156 cm³/mol. The van der Waals surface area contributed by atoms with Gasteiger partial charge in [-0.15, -0.1) is 11.6 Å². The van der Waals surface area contributed by atoms with E-state index in [1.165, 1.54) is 38.0 Å². The number of ether oxygens (including phenoxy) is 1. The van der Waals surface area contributed by atoms with Crippen molar-refractivity contribution in [1.29, 1.82) is 0 Å². The summed E-state index contributed by atoms with van der Waals surface area (Å²) in [4.78, 5) is 10.2. The molecule has 1 aromatic rings. The molecule has 2 fully saturated rings. The average molecular weight is 545 g/mol. The molecule has 0 aromatic heterocycles. The summed E-state index contributed by atoms with van der Waals surface area (Å²) in [5, 5.41) is 0. The molecule has 0 spiro atoms. The summed E-state index contributed by atoms with van der Waals surface area (Å²) in [6.07, 6.45) is 11.1. The van der Waals surface area contributed by atoms with Crippen LogP contribution in [-0.4, -0.2) is 59.0 Å². The first-order valence-electron chi connectivity index (χ1n) is 12.9. The minimum Gasteiger partial charge on any atom is -0.660 e. The number of likely N-dealkylation sites (tertiary alicyclic amines) is 1. The maximum atomic E-state index is 5.56. The Labute approximate surface area is 238 Å². The van der Waals surface area contributed by atoms with E-state index in [-0.39, 0.29) is 34.7 Å². The number of anilines is 1. The van der Waals surface area contributed by atoms with E-state index in [4.69, 9.17) is 9.72 Å². The van der Waals surface area contributed by atoms with Crippen LogP contribution in [-0.2, 0) is 26.5 Å². The van der Waals surface area contributed by atoms with Crippen LogP contribution in [0.15, 0.2) is 48.3 Å². The molecule has 4 nitrogen and oxygen atoms in total. The van der Waals surface area contributed by atoms with E-state index in [0.717, 1.165) is 16.9 Å². The number of methoxy groups -OCH3 is 1. The van der Waals surface area contributed by atoms with Gasteiger partial charge in [-0.05, 0) is 64.5 Å². The summed E-state index contributed by atoms with van der Waals surface area (Å²) in [7, 11) is 4.17. The van der Waals surface area contributed by atoms with Crippen LogP contribution in [0.25, 0.3) is 4.98 Å². The molecule has 1 radical (unpaired) electrons. The topological polar surface area (TPSA) is 29.8 Å². The van der Waals surface area contributed by atoms with E-state index in [1.807, 2.05) is 32.3 Å². The molecule has 3 aliphatic rings. The van der Waals surface area contributed by atoms with Crippen LogP contribution in [0, 0.1) is 26.2 Å². The number of allylic oxidation sites excluding steroid dienone is 2. The van der Waals surface area contributed by atoms with Gasteiger partial charge in [-0.3, -0.25) is 4.90 Å². The third-order valence-corrected chi connectivity index (χ3v) is 11.2. The fraction of sp³-hybridized carbons (Fsp3) is 0.600. The minimum atomic E-state index is -1.66. The first-order valence-corrected chi connectivity index (χ1v) is 16.0. The number of fused-ring (bicyclic) bond motifs is 1. The SMILES string of the molecule is COC1=CC2C(C=C1)C([Si](C)(C)[N-]C(C)(C)C)CC2N1CCCC1.[CH2-]c1ccccc1N(C)C.[CH3-].[Ti+3]. The Hall–Kier alpha value is -0.979. The van der Waals surface area contributed by atoms with Crippen molar-refractivity contribution in [3.63, 3.8) is 0 Å². The Morgan fingerprint density at radius 3 is 2.19 bits per heavy atom. The number of hydrogen-bond acceptors (Lipinski definition) is 3. The Morgan fingerprint density at radius 1 is 1.08 bits per heavy atom. The number of para-hydroxylation sites is 1. The molecule has 0 bridgehead atoms. The second-order valence-corrected chi connectivity index (χ2v) is 16.2. The molecule has 0 N–H and O–H groups in total. The zero-order valence-electron chi connectivity index (χ0n) is 24.3. The predicted octanol–water partition coefficient (Wildman–Crippen LogP) is 7.32. The molecule has 36 heavy (non-hydrogen) atoms. The zero-order valence-corrected chi connectivity index (χ0v) is 26.9. The second-order valence-electron chi connectivity index (χ2n) is 11.9. The maximum Gasteiger partial charge on any atom is 3.00 e. The molecule has 1 aliphatic heterocycles. The zero-order chi connectivity index (χ0) is 25.1. The van der Waals surface area contributed by atoms with Gasteiger partial charge >= 0.3 is 21.7 Å². The van der Waals surface area contributed by atoms with Gasteiger partial charge in [0, 0.05) is 12.0 Å². The Kier molecular flexibility index (Phi) is 12.6. The van der Waals surface area contributed by atoms with Gasteiger partial charge in [0.2, 0.25) is 0 Å². The summed E-state index contributed by atoms with van der Waals surface area (Å²) < 4.78 is 5.56. The minimum absolute atomic E-state index is 0. The standard InChI is InChI=1S/C20H35N2OSi.C9H12N.CH3.Ti/c1-20(2,3)21-24(5,6)19-14-18(22-11-7-8-12-22)17-13-15(23-4)9-10-16(17)19;1-8-6-4-5-7-9(8)10(2)3;;/h9-10,13,16-19H,7-8,11-12,14H2,1-6H3;4-7H,1H2,2-3H3;1H3;/q3*-1;+3. The van der Waals surface area contributed by atoms with Crippen LogP contribution in [0.3, 0.4) is 0 Å². The molecule has 4 unspecified atom stereocenters. The van der Waals surface area contributed by atoms with E-state index < -0.39 is 8.24 Å². The van der Waals surface area contributed by atoms with E-state index in [9.17, 15) is 0 Å². The van der Waals surface area contributed by atoms with Gasteiger partial charge in [0.1, 0.15) is 5.76 Å². The average Bonchev–Trinajstić information content (AvgIpc) is 3.40. The Bertz CT molecular complexity index is 871. The van der Waals surface area contributed by atoms with Crippen molar-refractivity contribution in [3.8, 4) is 0 Å². The number of nitrogens with zero attached hydrogens (tertiary/aromatic N) is 3. The van der Waals surface area contributed by atoms with Gasteiger partial charge in [0.15, 0.2) is 0 Å². The molecule has 0 amide bonds. The number of hydrogen-bond donors (Lipinski definition) is 0. The number of benzene rings is 1. The fourth-order valence-electron chi connectivity index (χ4n) is 6.29. The third kappa shape index (κ3) is 8.26. The largest absolute Gasteiger partial charge is 3.00 e. The molecule has 6 heteroatoms. The van der Waals surface area contributed by atoms with Gasteiger partial charge in [0.25, 0.3) is 0 Å². The summed E-state index contributed by atoms with van der Waals surface area (Å²) in [5.41, 5.74) is 3.07. The van der Waals surface area contributed by atoms with Crippen molar-refractivity contribution in [2.45, 2.75) is 70.2 Å². The summed E-state index contributed by atoms with van der Waals surface area (Å²) in [6, 6.07) is 8.76. The Balaban J connectivity index is 0.000000459. The third-order valence-electron chi connectivity index (χ3n) is 7.54. The smallest absolute Gasteiger partial charge is 0.660 e. The molecule has 1 heterocycles. The van der Waals surface area contributed by atoms with Crippen LogP contribution < -0.4 is 4.90 Å². The van der Waals surface area contributed by atoms with Crippen molar-refractivity contribution < 1.29 is 26.5 Å². The maximum absolute atomic E-state index is 5.56. The summed E-state index contributed by atoms with van der Waals surface area (Å²) >= 11 is 0. The second kappa shape index (κ2) is 13.7. The molecule has 2 aliphatic carbocycles. The van der Waals surface area contributed by atoms with E-state index >= 15 is 0 Å².